The van der Waals surface area contributed by atoms with Crippen molar-refractivity contribution < 1.29 is 22.5 Å². The minimum atomic E-state index is -3.92. The van der Waals surface area contributed by atoms with Crippen LogP contribution < -0.4 is 10.1 Å². The maximum Gasteiger partial charge on any atom is 0.248 e. The number of rotatable bonds is 7. The molecule has 1 aliphatic heterocycles. The Balaban J connectivity index is 1.53. The van der Waals surface area contributed by atoms with Crippen molar-refractivity contribution in [1.82, 2.24) is 9.46 Å². The quantitative estimate of drug-likeness (QED) is 0.490. The lowest BCUT2D eigenvalue weighted by molar-refractivity contribution is -0.120. The molecule has 1 aromatic heterocycles. The number of anilines is 1. The van der Waals surface area contributed by atoms with E-state index in [-0.39, 0.29) is 23.1 Å². The fourth-order valence-electron chi connectivity index (χ4n) is 4.33. The number of benzene rings is 2. The van der Waals surface area contributed by atoms with E-state index in [1.165, 1.54) is 4.31 Å². The second kappa shape index (κ2) is 10.7. The van der Waals surface area contributed by atoms with E-state index in [9.17, 15) is 13.2 Å². The summed E-state index contributed by atoms with van der Waals surface area (Å²) in [5, 5.41) is 6.82. The molecule has 1 aliphatic rings. The molecule has 1 saturated heterocycles. The lowest BCUT2D eigenvalue weighted by Crippen LogP contribution is -2.43. The number of sulfonamides is 1. The van der Waals surface area contributed by atoms with Crippen LogP contribution in [-0.2, 0) is 14.8 Å². The van der Waals surface area contributed by atoms with E-state index in [1.807, 2.05) is 38.1 Å². The van der Waals surface area contributed by atoms with Gasteiger partial charge >= 0.3 is 0 Å². The normalized spacial score (nSPS) is 16.8. The van der Waals surface area contributed by atoms with Gasteiger partial charge in [-0.3, -0.25) is 4.79 Å². The predicted molar refractivity (Wildman–Crippen MR) is 139 cm³/mol. The van der Waals surface area contributed by atoms with Crippen LogP contribution in [0.15, 0.2) is 51.9 Å². The summed E-state index contributed by atoms with van der Waals surface area (Å²) in [5.41, 5.74) is 4.07. The maximum absolute atomic E-state index is 13.7. The molecule has 8 nitrogen and oxygen atoms in total. The molecule has 1 atom stereocenters. The summed E-state index contributed by atoms with van der Waals surface area (Å²) < 4.78 is 39.2. The van der Waals surface area contributed by atoms with Gasteiger partial charge in [0.05, 0.1) is 13.0 Å². The number of aryl methyl sites for hydroxylation is 3. The molecular weight excluding hydrogens is 478 g/mol. The second-order valence-electron chi connectivity index (χ2n) is 9.07. The van der Waals surface area contributed by atoms with Gasteiger partial charge in [0.15, 0.2) is 10.7 Å². The molecule has 2 aromatic carbocycles. The number of ether oxygens (including phenoxy) is 1. The van der Waals surface area contributed by atoms with E-state index in [4.69, 9.17) is 9.26 Å². The summed E-state index contributed by atoms with van der Waals surface area (Å²) in [6, 6.07) is 13.1. The minimum absolute atomic E-state index is 0.0419. The van der Waals surface area contributed by atoms with Crippen molar-refractivity contribution in [3.05, 3.63) is 70.6 Å². The van der Waals surface area contributed by atoms with Crippen molar-refractivity contribution in [1.29, 1.82) is 0 Å². The summed E-state index contributed by atoms with van der Waals surface area (Å²) in [6.45, 7) is 6.04. The van der Waals surface area contributed by atoms with Gasteiger partial charge < -0.3 is 14.6 Å². The van der Waals surface area contributed by atoms with Crippen molar-refractivity contribution >= 4 is 33.8 Å². The second-order valence-corrected chi connectivity index (χ2v) is 10.9. The van der Waals surface area contributed by atoms with Crippen molar-refractivity contribution in [3.63, 3.8) is 0 Å². The minimum Gasteiger partial charge on any atom is -0.497 e. The summed E-state index contributed by atoms with van der Waals surface area (Å²) in [6.07, 6.45) is 4.67. The molecule has 0 aliphatic carbocycles. The molecule has 190 valence electrons. The molecule has 1 fully saturated rings. The SMILES string of the molecule is COc1ccc(NC(=O)C2CCCN(S(=O)(=O)c3c(C)noc3/C=C/c3cc(C)ccc3C)C2)cc1. The fraction of sp³-hybridized carbons (Fsp3) is 0.333. The highest BCUT2D eigenvalue weighted by molar-refractivity contribution is 7.89. The van der Waals surface area contributed by atoms with E-state index in [0.717, 1.165) is 16.7 Å². The molecule has 1 unspecified atom stereocenters. The van der Waals surface area contributed by atoms with Crippen LogP contribution in [0.3, 0.4) is 0 Å². The van der Waals surface area contributed by atoms with Gasteiger partial charge in [-0.2, -0.15) is 4.31 Å². The molecule has 4 rings (SSSR count). The van der Waals surface area contributed by atoms with Crippen LogP contribution in [0.2, 0.25) is 0 Å². The molecule has 0 saturated carbocycles. The maximum atomic E-state index is 13.7. The molecule has 1 amide bonds. The summed E-state index contributed by atoms with van der Waals surface area (Å²) >= 11 is 0. The zero-order chi connectivity index (χ0) is 25.9. The van der Waals surface area contributed by atoms with Crippen molar-refractivity contribution in [2.24, 2.45) is 5.92 Å². The number of aromatic nitrogens is 1. The van der Waals surface area contributed by atoms with E-state index < -0.39 is 15.9 Å². The number of hydrogen-bond donors (Lipinski definition) is 1. The molecular formula is C27H31N3O5S. The Morgan fingerprint density at radius 2 is 1.89 bits per heavy atom. The van der Waals surface area contributed by atoms with Crippen LogP contribution in [-0.4, -0.2) is 44.0 Å². The lowest BCUT2D eigenvalue weighted by Gasteiger charge is -2.31. The standard InChI is InChI=1S/C27H31N3O5S/c1-18-7-8-19(2)21(16-18)9-14-25-26(20(3)29-35-25)36(32,33)30-15-5-6-22(17-30)27(31)28-23-10-12-24(34-4)13-11-23/h7-14,16,22H,5-6,15,17H2,1-4H3,(H,28,31)/b14-9+. The summed E-state index contributed by atoms with van der Waals surface area (Å²) in [4.78, 5) is 13.0. The molecule has 0 radical (unpaired) electrons. The highest BCUT2D eigenvalue weighted by Gasteiger charge is 2.37. The molecule has 1 N–H and O–H groups in total. The zero-order valence-electron chi connectivity index (χ0n) is 20.9. The van der Waals surface area contributed by atoms with Gasteiger partial charge in [-0.1, -0.05) is 35.0 Å². The van der Waals surface area contributed by atoms with E-state index in [2.05, 4.69) is 10.5 Å². The number of methoxy groups -OCH3 is 1. The topological polar surface area (TPSA) is 102 Å². The monoisotopic (exact) mass is 509 g/mol. The van der Waals surface area contributed by atoms with Gasteiger partial charge in [0, 0.05) is 18.8 Å². The van der Waals surface area contributed by atoms with Crippen LogP contribution in [0.5, 0.6) is 5.75 Å². The first kappa shape index (κ1) is 25.7. The largest absolute Gasteiger partial charge is 0.497 e. The number of amides is 1. The Morgan fingerprint density at radius 1 is 1.14 bits per heavy atom. The van der Waals surface area contributed by atoms with Crippen LogP contribution in [0.4, 0.5) is 5.69 Å². The van der Waals surface area contributed by atoms with Crippen LogP contribution >= 0.6 is 0 Å². The molecule has 2 heterocycles. The Bertz CT molecular complexity index is 1380. The molecule has 9 heteroatoms. The Hall–Kier alpha value is -3.43. The number of nitrogens with one attached hydrogen (secondary N) is 1. The lowest BCUT2D eigenvalue weighted by atomic mass is 9.99. The zero-order valence-corrected chi connectivity index (χ0v) is 21.8. The highest BCUT2D eigenvalue weighted by atomic mass is 32.2. The first-order chi connectivity index (χ1) is 17.2. The van der Waals surface area contributed by atoms with E-state index >= 15 is 0 Å². The van der Waals surface area contributed by atoms with Crippen molar-refractivity contribution in [3.8, 4) is 5.75 Å². The Morgan fingerprint density at radius 3 is 2.61 bits per heavy atom. The molecule has 0 spiro atoms. The predicted octanol–water partition coefficient (Wildman–Crippen LogP) is 4.82. The summed E-state index contributed by atoms with van der Waals surface area (Å²) in [7, 11) is -2.35. The molecule has 3 aromatic rings. The van der Waals surface area contributed by atoms with Gasteiger partial charge in [-0.05, 0) is 75.1 Å². The van der Waals surface area contributed by atoms with Gasteiger partial charge in [0.1, 0.15) is 11.4 Å². The van der Waals surface area contributed by atoms with Crippen molar-refractivity contribution in [2.75, 3.05) is 25.5 Å². The first-order valence-corrected chi connectivity index (χ1v) is 13.3. The Labute approximate surface area is 212 Å². The van der Waals surface area contributed by atoms with Crippen molar-refractivity contribution in [2.45, 2.75) is 38.5 Å². The third-order valence-corrected chi connectivity index (χ3v) is 8.42. The van der Waals surface area contributed by atoms with E-state index in [1.54, 1.807) is 44.4 Å². The molecule has 0 bridgehead atoms. The number of hydrogen-bond acceptors (Lipinski definition) is 6. The average molecular weight is 510 g/mol. The smallest absolute Gasteiger partial charge is 0.248 e. The van der Waals surface area contributed by atoms with Gasteiger partial charge in [0.2, 0.25) is 15.9 Å². The number of carbonyl (C=O) groups is 1. The third kappa shape index (κ3) is 5.52. The average Bonchev–Trinajstić information content (AvgIpc) is 3.26. The number of carbonyl (C=O) groups excluding carboxylic acids is 1. The Kier molecular flexibility index (Phi) is 7.61. The van der Waals surface area contributed by atoms with Crippen LogP contribution in [0.25, 0.3) is 12.2 Å². The highest BCUT2D eigenvalue weighted by Crippen LogP contribution is 2.30. The fourth-order valence-corrected chi connectivity index (χ4v) is 6.10. The molecule has 36 heavy (non-hydrogen) atoms. The van der Waals surface area contributed by atoms with Gasteiger partial charge in [-0.15, -0.1) is 0 Å². The van der Waals surface area contributed by atoms with Crippen LogP contribution in [0, 0.1) is 26.7 Å². The summed E-state index contributed by atoms with van der Waals surface area (Å²) in [5.74, 6) is 0.189. The number of nitrogens with zero attached hydrogens (tertiary/aromatic N) is 2. The van der Waals surface area contributed by atoms with Gasteiger partial charge in [0.25, 0.3) is 0 Å². The third-order valence-electron chi connectivity index (χ3n) is 6.39. The van der Waals surface area contributed by atoms with Gasteiger partial charge in [-0.25, -0.2) is 8.42 Å². The van der Waals surface area contributed by atoms with E-state index in [0.29, 0.717) is 36.5 Å². The first-order valence-electron chi connectivity index (χ1n) is 11.9. The number of piperidine rings is 1. The van der Waals surface area contributed by atoms with Crippen LogP contribution in [0.1, 0.15) is 41.0 Å².